The molecule has 0 atom stereocenters. The zero-order valence-corrected chi connectivity index (χ0v) is 9.37. The molecule has 0 saturated heterocycles. The second-order valence-corrected chi connectivity index (χ2v) is 3.50. The average Bonchev–Trinajstić information content (AvgIpc) is 2.18. The molecule has 2 heteroatoms. The van der Waals surface area contributed by atoms with Crippen molar-refractivity contribution in [3.05, 3.63) is 47.5 Å². The minimum atomic E-state index is -0.0527. The van der Waals surface area contributed by atoms with Crippen LogP contribution in [-0.4, -0.2) is 18.5 Å². The molecule has 0 unspecified atom stereocenters. The van der Waals surface area contributed by atoms with Gasteiger partial charge in [0.1, 0.15) is 5.71 Å². The molecule has 1 rings (SSSR count). The molecule has 15 heavy (non-hydrogen) atoms. The number of ketones is 1. The number of hydrogen-bond donors (Lipinski definition) is 0. The number of rotatable bonds is 3. The minimum Gasteiger partial charge on any atom is -0.287 e. The Morgan fingerprint density at radius 1 is 1.33 bits per heavy atom. The van der Waals surface area contributed by atoms with Gasteiger partial charge in [0.15, 0.2) is 0 Å². The van der Waals surface area contributed by atoms with Gasteiger partial charge in [-0.05, 0) is 25.0 Å². The van der Waals surface area contributed by atoms with Crippen molar-refractivity contribution < 1.29 is 4.79 Å². The summed E-state index contributed by atoms with van der Waals surface area (Å²) in [7, 11) is 1.61. The van der Waals surface area contributed by atoms with Gasteiger partial charge in [-0.3, -0.25) is 9.79 Å². The van der Waals surface area contributed by atoms with E-state index >= 15 is 0 Å². The molecular formula is C13H15NO. The van der Waals surface area contributed by atoms with E-state index in [1.165, 1.54) is 0 Å². The quantitative estimate of drug-likeness (QED) is 0.546. The number of nitrogens with zero attached hydrogens (tertiary/aromatic N) is 1. The summed E-state index contributed by atoms with van der Waals surface area (Å²) in [5, 5.41) is 0. The van der Waals surface area contributed by atoms with Gasteiger partial charge in [-0.15, -0.1) is 0 Å². The summed E-state index contributed by atoms with van der Waals surface area (Å²) in [5.74, 6) is -0.0527. The fourth-order valence-corrected chi connectivity index (χ4v) is 1.44. The molecule has 0 aliphatic rings. The van der Waals surface area contributed by atoms with E-state index in [9.17, 15) is 4.79 Å². The highest BCUT2D eigenvalue weighted by atomic mass is 16.1. The number of benzene rings is 1. The summed E-state index contributed by atoms with van der Waals surface area (Å²) in [6.07, 6.45) is 0. The Bertz CT molecular complexity index is 430. The van der Waals surface area contributed by atoms with Gasteiger partial charge in [0.25, 0.3) is 0 Å². The zero-order chi connectivity index (χ0) is 11.4. The van der Waals surface area contributed by atoms with Crippen molar-refractivity contribution in [1.82, 2.24) is 0 Å². The second-order valence-electron chi connectivity index (χ2n) is 3.50. The third-order valence-corrected chi connectivity index (χ3v) is 2.23. The van der Waals surface area contributed by atoms with Crippen LogP contribution in [0.2, 0.25) is 0 Å². The molecule has 0 aromatic heterocycles. The lowest BCUT2D eigenvalue weighted by Gasteiger charge is -2.06. The second kappa shape index (κ2) is 4.69. The van der Waals surface area contributed by atoms with E-state index in [1.54, 1.807) is 14.0 Å². The fourth-order valence-electron chi connectivity index (χ4n) is 1.44. The monoisotopic (exact) mass is 201 g/mol. The number of aryl methyl sites for hydroxylation is 1. The van der Waals surface area contributed by atoms with Crippen LogP contribution in [0, 0.1) is 6.92 Å². The molecule has 0 fully saturated rings. The van der Waals surface area contributed by atoms with E-state index in [0.29, 0.717) is 16.8 Å². The topological polar surface area (TPSA) is 29.4 Å². The standard InChI is InChI=1S/C13H15NO/c1-9(2)12(14-4)13(15)11-8-6-5-7-10(11)3/h5-8H,1H2,2-4H3/b14-12-. The SMILES string of the molecule is C=C(C)/C(=N/C)C(=O)c1ccccc1C. The third kappa shape index (κ3) is 2.40. The zero-order valence-electron chi connectivity index (χ0n) is 9.37. The molecule has 0 aliphatic heterocycles. The molecule has 1 aromatic carbocycles. The van der Waals surface area contributed by atoms with Gasteiger partial charge in [-0.2, -0.15) is 0 Å². The number of allylic oxidation sites excluding steroid dienone is 1. The maximum absolute atomic E-state index is 12.0. The van der Waals surface area contributed by atoms with Crippen molar-refractivity contribution in [2.75, 3.05) is 7.05 Å². The molecule has 1 aromatic rings. The van der Waals surface area contributed by atoms with Gasteiger partial charge in [-0.1, -0.05) is 30.8 Å². The summed E-state index contributed by atoms with van der Waals surface area (Å²) >= 11 is 0. The Morgan fingerprint density at radius 3 is 2.40 bits per heavy atom. The molecule has 0 saturated carbocycles. The molecule has 0 amide bonds. The van der Waals surface area contributed by atoms with Crippen molar-refractivity contribution in [3.8, 4) is 0 Å². The van der Waals surface area contributed by atoms with Crippen LogP contribution in [0.3, 0.4) is 0 Å². The van der Waals surface area contributed by atoms with E-state index in [0.717, 1.165) is 5.56 Å². The van der Waals surface area contributed by atoms with Gasteiger partial charge in [0.05, 0.1) is 0 Å². The Balaban J connectivity index is 3.16. The van der Waals surface area contributed by atoms with E-state index in [-0.39, 0.29) is 5.78 Å². The van der Waals surface area contributed by atoms with Crippen LogP contribution in [0.4, 0.5) is 0 Å². The normalized spacial score (nSPS) is 11.3. The fraction of sp³-hybridized carbons (Fsp3) is 0.231. The average molecular weight is 201 g/mol. The first-order valence-corrected chi connectivity index (χ1v) is 4.81. The van der Waals surface area contributed by atoms with Crippen LogP contribution in [0.1, 0.15) is 22.8 Å². The summed E-state index contributed by atoms with van der Waals surface area (Å²) in [6.45, 7) is 7.46. The summed E-state index contributed by atoms with van der Waals surface area (Å²) in [4.78, 5) is 16.0. The van der Waals surface area contributed by atoms with Gasteiger partial charge >= 0.3 is 0 Å². The number of carbonyl (C=O) groups excluding carboxylic acids is 1. The predicted octanol–water partition coefficient (Wildman–Crippen LogP) is 2.82. The largest absolute Gasteiger partial charge is 0.287 e. The first-order valence-electron chi connectivity index (χ1n) is 4.81. The predicted molar refractivity (Wildman–Crippen MR) is 63.7 cm³/mol. The summed E-state index contributed by atoms with van der Waals surface area (Å²) in [5.41, 5.74) is 2.81. The van der Waals surface area contributed by atoms with Gasteiger partial charge in [0, 0.05) is 12.6 Å². The molecular weight excluding hydrogens is 186 g/mol. The van der Waals surface area contributed by atoms with Crippen LogP contribution in [0.15, 0.2) is 41.4 Å². The molecule has 78 valence electrons. The van der Waals surface area contributed by atoms with Gasteiger partial charge in [0.2, 0.25) is 5.78 Å². The maximum Gasteiger partial charge on any atom is 0.211 e. The van der Waals surface area contributed by atoms with Crippen LogP contribution in [-0.2, 0) is 0 Å². The molecule has 0 aliphatic carbocycles. The third-order valence-electron chi connectivity index (χ3n) is 2.23. The minimum absolute atomic E-state index is 0.0527. The maximum atomic E-state index is 12.0. The number of Topliss-reactive ketones (excluding diaryl/α,β-unsaturated/α-hetero) is 1. The first kappa shape index (κ1) is 11.4. The Kier molecular flexibility index (Phi) is 3.56. The van der Waals surface area contributed by atoms with E-state index in [1.807, 2.05) is 31.2 Å². The van der Waals surface area contributed by atoms with Gasteiger partial charge < -0.3 is 0 Å². The van der Waals surface area contributed by atoms with Crippen molar-refractivity contribution in [2.24, 2.45) is 4.99 Å². The van der Waals surface area contributed by atoms with Crippen LogP contribution in [0.5, 0.6) is 0 Å². The van der Waals surface area contributed by atoms with E-state index in [4.69, 9.17) is 0 Å². The molecule has 0 spiro atoms. The van der Waals surface area contributed by atoms with Crippen molar-refractivity contribution >= 4 is 11.5 Å². The highest BCUT2D eigenvalue weighted by Gasteiger charge is 2.15. The van der Waals surface area contributed by atoms with Crippen molar-refractivity contribution in [1.29, 1.82) is 0 Å². The van der Waals surface area contributed by atoms with Crippen LogP contribution < -0.4 is 0 Å². The summed E-state index contributed by atoms with van der Waals surface area (Å²) in [6, 6.07) is 7.49. The van der Waals surface area contributed by atoms with Gasteiger partial charge in [-0.25, -0.2) is 0 Å². The van der Waals surface area contributed by atoms with Crippen LogP contribution in [0.25, 0.3) is 0 Å². The summed E-state index contributed by atoms with van der Waals surface area (Å²) < 4.78 is 0. The number of carbonyl (C=O) groups is 1. The number of aliphatic imine (C=N–C) groups is 1. The highest BCUT2D eigenvalue weighted by Crippen LogP contribution is 2.11. The van der Waals surface area contributed by atoms with Crippen molar-refractivity contribution in [3.63, 3.8) is 0 Å². The molecule has 0 N–H and O–H groups in total. The Hall–Kier alpha value is -1.70. The lowest BCUT2D eigenvalue weighted by Crippen LogP contribution is -2.16. The van der Waals surface area contributed by atoms with Crippen molar-refractivity contribution in [2.45, 2.75) is 13.8 Å². The first-order chi connectivity index (χ1) is 7.07. The Labute approximate surface area is 90.4 Å². The molecule has 0 heterocycles. The highest BCUT2D eigenvalue weighted by molar-refractivity contribution is 6.51. The Morgan fingerprint density at radius 2 is 1.93 bits per heavy atom. The van der Waals surface area contributed by atoms with E-state index < -0.39 is 0 Å². The smallest absolute Gasteiger partial charge is 0.211 e. The number of hydrogen-bond acceptors (Lipinski definition) is 2. The lowest BCUT2D eigenvalue weighted by molar-refractivity contribution is 0.106. The lowest BCUT2D eigenvalue weighted by atomic mass is 9.99. The molecule has 0 bridgehead atoms. The molecule has 0 radical (unpaired) electrons. The van der Waals surface area contributed by atoms with Crippen LogP contribution >= 0.6 is 0 Å². The van der Waals surface area contributed by atoms with E-state index in [2.05, 4.69) is 11.6 Å². The molecule has 2 nitrogen and oxygen atoms in total.